The molecular formula is C28H24N4O6S. The van der Waals surface area contributed by atoms with Crippen LogP contribution in [-0.4, -0.2) is 36.1 Å². The van der Waals surface area contributed by atoms with Crippen molar-refractivity contribution in [2.45, 2.75) is 12.8 Å². The van der Waals surface area contributed by atoms with Crippen molar-refractivity contribution in [1.29, 1.82) is 0 Å². The van der Waals surface area contributed by atoms with Crippen molar-refractivity contribution >= 4 is 51.3 Å². The van der Waals surface area contributed by atoms with Crippen LogP contribution in [0.3, 0.4) is 0 Å². The number of thiocarbonyl (C=S) groups is 1. The third kappa shape index (κ3) is 5.43. The second kappa shape index (κ2) is 10.9. The molecule has 1 saturated heterocycles. The minimum atomic E-state index is -0.582. The molecule has 3 aromatic carbocycles. The van der Waals surface area contributed by atoms with Gasteiger partial charge in [0, 0.05) is 47.4 Å². The monoisotopic (exact) mass is 544 g/mol. The Morgan fingerprint density at radius 2 is 1.82 bits per heavy atom. The third-order valence-corrected chi connectivity index (χ3v) is 6.70. The summed E-state index contributed by atoms with van der Waals surface area (Å²) in [6.45, 7) is 1.49. The van der Waals surface area contributed by atoms with Gasteiger partial charge < -0.3 is 19.4 Å². The van der Waals surface area contributed by atoms with Gasteiger partial charge in [0.1, 0.15) is 17.0 Å². The predicted octanol–water partition coefficient (Wildman–Crippen LogP) is 5.10. The van der Waals surface area contributed by atoms with Crippen molar-refractivity contribution in [3.05, 3.63) is 92.8 Å². The highest BCUT2D eigenvalue weighted by Gasteiger charge is 2.24. The molecule has 39 heavy (non-hydrogen) atoms. The van der Waals surface area contributed by atoms with E-state index in [-0.39, 0.29) is 16.4 Å². The highest BCUT2D eigenvalue weighted by molar-refractivity contribution is 7.80. The standard InChI is InChI=1S/C28H24N4O6S/c1-37-25-16-19(9-10-20(25)21-14-17-6-2-3-7-24(17)38-27(21)34)29-28(39)30-26(33)18-8-11-22(23(15-18)32(35)36)31-12-4-5-13-31/h2-3,6-11,14-16H,4-5,12-13H2,1H3,(H2,29,30,33,39). The summed E-state index contributed by atoms with van der Waals surface area (Å²) >= 11 is 5.30. The number of benzene rings is 3. The molecule has 0 aliphatic carbocycles. The second-order valence-corrected chi connectivity index (χ2v) is 9.37. The maximum atomic E-state index is 12.8. The van der Waals surface area contributed by atoms with Gasteiger partial charge in [-0.05, 0) is 61.5 Å². The number of carbonyl (C=O) groups is 1. The van der Waals surface area contributed by atoms with E-state index in [1.165, 1.54) is 13.2 Å². The Balaban J connectivity index is 1.32. The Labute approximate surface area is 228 Å². The summed E-state index contributed by atoms with van der Waals surface area (Å²) in [4.78, 5) is 38.6. The molecule has 1 aliphatic rings. The highest BCUT2D eigenvalue weighted by atomic mass is 32.1. The van der Waals surface area contributed by atoms with Crippen LogP contribution in [0.2, 0.25) is 0 Å². The molecule has 0 saturated carbocycles. The minimum absolute atomic E-state index is 0.00806. The van der Waals surface area contributed by atoms with Gasteiger partial charge >= 0.3 is 5.63 Å². The van der Waals surface area contributed by atoms with E-state index in [9.17, 15) is 19.7 Å². The normalized spacial score (nSPS) is 12.8. The molecule has 0 unspecified atom stereocenters. The smallest absolute Gasteiger partial charge is 0.344 e. The predicted molar refractivity (Wildman–Crippen MR) is 153 cm³/mol. The van der Waals surface area contributed by atoms with Gasteiger partial charge in [-0.15, -0.1) is 0 Å². The number of nitrogens with one attached hydrogen (secondary N) is 2. The zero-order valence-corrected chi connectivity index (χ0v) is 21.7. The van der Waals surface area contributed by atoms with E-state index < -0.39 is 16.5 Å². The van der Waals surface area contributed by atoms with Gasteiger partial charge in [0.15, 0.2) is 5.11 Å². The number of anilines is 2. The molecule has 4 aromatic rings. The van der Waals surface area contributed by atoms with Gasteiger partial charge in [-0.25, -0.2) is 4.79 Å². The first-order valence-corrected chi connectivity index (χ1v) is 12.6. The lowest BCUT2D eigenvalue weighted by Gasteiger charge is -2.18. The zero-order valence-electron chi connectivity index (χ0n) is 20.9. The van der Waals surface area contributed by atoms with Crippen LogP contribution in [-0.2, 0) is 0 Å². The van der Waals surface area contributed by atoms with Crippen LogP contribution in [0.1, 0.15) is 23.2 Å². The molecule has 2 N–H and O–H groups in total. The number of ether oxygens (including phenoxy) is 1. The van der Waals surface area contributed by atoms with Crippen LogP contribution >= 0.6 is 12.2 Å². The Bertz CT molecular complexity index is 1660. The van der Waals surface area contributed by atoms with Gasteiger partial charge in [-0.3, -0.25) is 20.2 Å². The van der Waals surface area contributed by atoms with Gasteiger partial charge in [0.2, 0.25) is 0 Å². The van der Waals surface area contributed by atoms with Crippen LogP contribution in [0.5, 0.6) is 5.75 Å². The van der Waals surface area contributed by atoms with Crippen molar-refractivity contribution in [2.24, 2.45) is 0 Å². The molecule has 10 nitrogen and oxygen atoms in total. The molecule has 5 rings (SSSR count). The largest absolute Gasteiger partial charge is 0.496 e. The van der Waals surface area contributed by atoms with Gasteiger partial charge in [0.25, 0.3) is 11.6 Å². The van der Waals surface area contributed by atoms with E-state index in [2.05, 4.69) is 10.6 Å². The molecule has 198 valence electrons. The first-order valence-electron chi connectivity index (χ1n) is 12.2. The number of nitro benzene ring substituents is 1. The number of nitro groups is 1. The molecule has 0 spiro atoms. The van der Waals surface area contributed by atoms with E-state index in [1.807, 2.05) is 17.0 Å². The number of carbonyl (C=O) groups excluding carboxylic acids is 1. The van der Waals surface area contributed by atoms with E-state index in [4.69, 9.17) is 21.4 Å². The zero-order chi connectivity index (χ0) is 27.5. The van der Waals surface area contributed by atoms with Crippen LogP contribution in [0.4, 0.5) is 17.1 Å². The van der Waals surface area contributed by atoms with Crippen LogP contribution in [0, 0.1) is 10.1 Å². The average Bonchev–Trinajstić information content (AvgIpc) is 3.47. The number of nitrogens with zero attached hydrogens (tertiary/aromatic N) is 2. The molecule has 0 radical (unpaired) electrons. The Morgan fingerprint density at radius 1 is 1.05 bits per heavy atom. The summed E-state index contributed by atoms with van der Waals surface area (Å²) in [5.74, 6) is -0.189. The lowest BCUT2D eigenvalue weighted by Crippen LogP contribution is -2.34. The van der Waals surface area contributed by atoms with Gasteiger partial charge in [-0.2, -0.15) is 0 Å². The molecule has 1 aliphatic heterocycles. The number of methoxy groups -OCH3 is 1. The van der Waals surface area contributed by atoms with Gasteiger partial charge in [-0.1, -0.05) is 18.2 Å². The minimum Gasteiger partial charge on any atom is -0.496 e. The van der Waals surface area contributed by atoms with Crippen molar-refractivity contribution in [1.82, 2.24) is 5.32 Å². The van der Waals surface area contributed by atoms with Crippen LogP contribution in [0.25, 0.3) is 22.1 Å². The lowest BCUT2D eigenvalue weighted by atomic mass is 10.0. The first-order chi connectivity index (χ1) is 18.8. The summed E-state index contributed by atoms with van der Waals surface area (Å²) < 4.78 is 11.0. The van der Waals surface area contributed by atoms with Crippen molar-refractivity contribution < 1.29 is 18.9 Å². The molecule has 0 bridgehead atoms. The first kappa shape index (κ1) is 25.9. The van der Waals surface area contributed by atoms with Crippen molar-refractivity contribution in [2.75, 3.05) is 30.4 Å². The molecule has 11 heteroatoms. The van der Waals surface area contributed by atoms with E-state index in [0.717, 1.165) is 31.3 Å². The van der Waals surface area contributed by atoms with Crippen LogP contribution < -0.4 is 25.9 Å². The number of fused-ring (bicyclic) bond motifs is 1. The summed E-state index contributed by atoms with van der Waals surface area (Å²) in [7, 11) is 1.48. The number of hydrogen-bond acceptors (Lipinski definition) is 8. The van der Waals surface area contributed by atoms with E-state index >= 15 is 0 Å². The molecule has 2 heterocycles. The van der Waals surface area contributed by atoms with E-state index in [0.29, 0.717) is 33.8 Å². The molecular weight excluding hydrogens is 520 g/mol. The fourth-order valence-electron chi connectivity index (χ4n) is 4.62. The number of rotatable bonds is 6. The van der Waals surface area contributed by atoms with Crippen molar-refractivity contribution in [3.8, 4) is 16.9 Å². The second-order valence-electron chi connectivity index (χ2n) is 8.96. The van der Waals surface area contributed by atoms with Crippen LogP contribution in [0.15, 0.2) is 75.9 Å². The number of hydrogen-bond donors (Lipinski definition) is 2. The topological polar surface area (TPSA) is 127 Å². The Hall–Kier alpha value is -4.77. The van der Waals surface area contributed by atoms with E-state index in [1.54, 1.807) is 48.5 Å². The highest BCUT2D eigenvalue weighted by Crippen LogP contribution is 2.33. The molecule has 0 atom stereocenters. The Kier molecular flexibility index (Phi) is 7.24. The number of amides is 1. The maximum Gasteiger partial charge on any atom is 0.344 e. The van der Waals surface area contributed by atoms with Gasteiger partial charge in [0.05, 0.1) is 17.6 Å². The molecule has 1 amide bonds. The third-order valence-electron chi connectivity index (χ3n) is 6.50. The summed E-state index contributed by atoms with van der Waals surface area (Å²) in [5.41, 5.74) is 1.85. The SMILES string of the molecule is COc1cc(NC(=S)NC(=O)c2ccc(N3CCCC3)c([N+](=O)[O-])c2)ccc1-c1cc2ccccc2oc1=O. The maximum absolute atomic E-state index is 12.8. The summed E-state index contributed by atoms with van der Waals surface area (Å²) in [6.07, 6.45) is 1.95. The molecule has 1 aromatic heterocycles. The number of para-hydroxylation sites is 1. The lowest BCUT2D eigenvalue weighted by molar-refractivity contribution is -0.384. The summed E-state index contributed by atoms with van der Waals surface area (Å²) in [5, 5.41) is 17.9. The quantitative estimate of drug-likeness (QED) is 0.147. The summed E-state index contributed by atoms with van der Waals surface area (Å²) in [6, 6.07) is 18.4. The Morgan fingerprint density at radius 3 is 2.56 bits per heavy atom. The molecule has 1 fully saturated rings. The average molecular weight is 545 g/mol. The fourth-order valence-corrected chi connectivity index (χ4v) is 4.83. The fraction of sp³-hybridized carbons (Fsp3) is 0.179. The van der Waals surface area contributed by atoms with Crippen molar-refractivity contribution in [3.63, 3.8) is 0 Å².